The number of thiophene rings is 2. The Hall–Kier alpha value is 0.280. The Morgan fingerprint density at radius 3 is 1.62 bits per heavy atom. The van der Waals surface area contributed by atoms with E-state index in [9.17, 15) is 0 Å². The Bertz CT molecular complexity index is 421. The molecule has 0 aliphatic carbocycles. The van der Waals surface area contributed by atoms with Crippen molar-refractivity contribution >= 4 is 77.1 Å². The Balaban J connectivity index is 1.89. The second-order valence-electron chi connectivity index (χ2n) is 2.70. The van der Waals surface area contributed by atoms with E-state index in [0.29, 0.717) is 0 Å². The predicted molar refractivity (Wildman–Crippen MR) is 87.2 cm³/mol. The van der Waals surface area contributed by atoms with Crippen LogP contribution in [-0.2, 0) is 0 Å². The lowest BCUT2D eigenvalue weighted by Gasteiger charge is -2.00. The zero-order valence-corrected chi connectivity index (χ0v) is 12.8. The van der Waals surface area contributed by atoms with E-state index in [2.05, 4.69) is 0 Å². The number of hydrogen-bond donors (Lipinski definition) is 0. The van der Waals surface area contributed by atoms with Crippen molar-refractivity contribution in [3.63, 3.8) is 0 Å². The van der Waals surface area contributed by atoms with E-state index < -0.39 is 0 Å². The summed E-state index contributed by atoms with van der Waals surface area (Å²) in [6.07, 6.45) is 0. The Morgan fingerprint density at radius 2 is 1.31 bits per heavy atom. The number of rotatable bonds is 2. The van der Waals surface area contributed by atoms with Crippen LogP contribution >= 0.6 is 68.7 Å². The molecular weight excluding hydrogens is 313 g/mol. The molecule has 82 valence electrons. The Morgan fingerprint density at radius 1 is 0.875 bits per heavy atom. The second-order valence-corrected chi connectivity index (χ2v) is 8.07. The summed E-state index contributed by atoms with van der Waals surface area (Å²) in [5, 5.41) is 4.06. The molecule has 2 aromatic rings. The van der Waals surface area contributed by atoms with Crippen molar-refractivity contribution in [3.8, 4) is 0 Å². The highest BCUT2D eigenvalue weighted by molar-refractivity contribution is 8.90. The molecule has 2 rings (SSSR count). The van der Waals surface area contributed by atoms with Crippen LogP contribution in [0.25, 0.3) is 0 Å². The maximum Gasteiger partial charge on any atom is 0.0988 e. The van der Waals surface area contributed by atoms with Gasteiger partial charge in [-0.3, -0.25) is 0 Å². The summed E-state index contributed by atoms with van der Waals surface area (Å²) in [5.74, 6) is 0. The van der Waals surface area contributed by atoms with Gasteiger partial charge in [-0.25, -0.2) is 0 Å². The van der Waals surface area contributed by atoms with Gasteiger partial charge < -0.3 is 0 Å². The molecule has 0 aliphatic heterocycles. The lowest BCUT2D eigenvalue weighted by molar-refractivity contribution is 1.99. The van der Waals surface area contributed by atoms with Crippen molar-refractivity contribution in [1.29, 1.82) is 0 Å². The third-order valence-electron chi connectivity index (χ3n) is 1.64. The maximum absolute atomic E-state index is 5.32. The predicted octanol–water partition coefficient (Wildman–Crippen LogP) is 5.24. The van der Waals surface area contributed by atoms with E-state index in [4.69, 9.17) is 24.4 Å². The van der Waals surface area contributed by atoms with Crippen molar-refractivity contribution in [1.82, 2.24) is 0 Å². The van der Waals surface area contributed by atoms with Gasteiger partial charge in [-0.05, 0) is 44.5 Å². The summed E-state index contributed by atoms with van der Waals surface area (Å²) in [5.41, 5.74) is 0. The van der Waals surface area contributed by atoms with Crippen LogP contribution in [0.5, 0.6) is 0 Å². The van der Waals surface area contributed by atoms with E-state index >= 15 is 0 Å². The summed E-state index contributed by atoms with van der Waals surface area (Å²) >= 11 is 14.0. The van der Waals surface area contributed by atoms with Crippen LogP contribution in [0.15, 0.2) is 35.0 Å². The Kier molecular flexibility index (Phi) is 4.99. The quantitative estimate of drug-likeness (QED) is 0.548. The average Bonchev–Trinajstić information content (AvgIpc) is 2.95. The van der Waals surface area contributed by atoms with Gasteiger partial charge >= 0.3 is 0 Å². The molecular formula is C10H6S6. The molecule has 0 fully saturated rings. The molecule has 0 saturated heterocycles. The molecule has 0 aromatic carbocycles. The molecule has 2 aromatic heterocycles. The molecule has 16 heavy (non-hydrogen) atoms. The van der Waals surface area contributed by atoms with Crippen molar-refractivity contribution in [2.45, 2.75) is 0 Å². The van der Waals surface area contributed by atoms with Crippen LogP contribution in [0.1, 0.15) is 9.75 Å². The fourth-order valence-electron chi connectivity index (χ4n) is 0.947. The van der Waals surface area contributed by atoms with Gasteiger partial charge in [-0.15, -0.1) is 22.7 Å². The molecule has 0 saturated carbocycles. The molecule has 0 unspecified atom stereocenters. The third kappa shape index (κ3) is 3.38. The van der Waals surface area contributed by atoms with Crippen LogP contribution in [0, 0.1) is 0 Å². The van der Waals surface area contributed by atoms with Gasteiger partial charge in [-0.2, -0.15) is 0 Å². The topological polar surface area (TPSA) is 0 Å². The highest BCUT2D eigenvalue weighted by atomic mass is 33.1. The van der Waals surface area contributed by atoms with Crippen molar-refractivity contribution in [2.75, 3.05) is 0 Å². The van der Waals surface area contributed by atoms with Gasteiger partial charge in [0.2, 0.25) is 0 Å². The van der Waals surface area contributed by atoms with Gasteiger partial charge in [0.15, 0.2) is 0 Å². The van der Waals surface area contributed by atoms with Crippen LogP contribution < -0.4 is 0 Å². The van der Waals surface area contributed by atoms with Gasteiger partial charge in [-0.1, -0.05) is 36.6 Å². The summed E-state index contributed by atoms with van der Waals surface area (Å²) in [6, 6.07) is 8.09. The molecule has 0 amide bonds. The van der Waals surface area contributed by atoms with E-state index in [-0.39, 0.29) is 0 Å². The monoisotopic (exact) mass is 318 g/mol. The van der Waals surface area contributed by atoms with Crippen LogP contribution in [0.2, 0.25) is 0 Å². The minimum atomic E-state index is 0.902. The van der Waals surface area contributed by atoms with Gasteiger partial charge in [0.05, 0.1) is 18.1 Å². The van der Waals surface area contributed by atoms with E-state index in [1.54, 1.807) is 44.3 Å². The first-order valence-electron chi connectivity index (χ1n) is 4.27. The first-order valence-corrected chi connectivity index (χ1v) is 9.00. The highest BCUT2D eigenvalue weighted by Gasteiger charge is 2.08. The van der Waals surface area contributed by atoms with E-state index in [1.165, 1.54) is 0 Å². The summed E-state index contributed by atoms with van der Waals surface area (Å²) < 4.78 is 1.80. The summed E-state index contributed by atoms with van der Waals surface area (Å²) in [4.78, 5) is 2.28. The average molecular weight is 319 g/mol. The zero-order chi connectivity index (χ0) is 11.4. The second kappa shape index (κ2) is 6.28. The first-order chi connectivity index (χ1) is 7.77. The van der Waals surface area contributed by atoms with Gasteiger partial charge in [0.1, 0.15) is 0 Å². The molecule has 6 heteroatoms. The lowest BCUT2D eigenvalue weighted by atomic mass is 10.5. The fraction of sp³-hybridized carbons (Fsp3) is 0. The minimum Gasteiger partial charge on any atom is -0.142 e. The molecule has 0 atom stereocenters. The minimum absolute atomic E-state index is 0.902. The van der Waals surface area contributed by atoms with Crippen molar-refractivity contribution in [2.24, 2.45) is 0 Å². The van der Waals surface area contributed by atoms with Crippen LogP contribution in [0.3, 0.4) is 0 Å². The summed E-state index contributed by atoms with van der Waals surface area (Å²) in [7, 11) is 3.13. The SMILES string of the molecule is S=C(SSC(=S)c1cccs1)c1cccs1. The Labute approximate surface area is 121 Å². The maximum atomic E-state index is 5.32. The molecule has 0 bridgehead atoms. The zero-order valence-electron chi connectivity index (χ0n) is 7.91. The molecule has 2 heterocycles. The van der Waals surface area contributed by atoms with Gasteiger partial charge in [0.25, 0.3) is 0 Å². The standard InChI is InChI=1S/C10H6S6/c11-9(7-3-1-5-13-7)15-16-10(12)8-4-2-6-14-8/h1-6H. The molecule has 0 aliphatic rings. The largest absolute Gasteiger partial charge is 0.142 e. The van der Waals surface area contributed by atoms with E-state index in [1.807, 2.05) is 35.0 Å². The highest BCUT2D eigenvalue weighted by Crippen LogP contribution is 2.33. The lowest BCUT2D eigenvalue weighted by Crippen LogP contribution is -1.87. The van der Waals surface area contributed by atoms with Gasteiger partial charge in [0, 0.05) is 0 Å². The molecule has 0 spiro atoms. The normalized spacial score (nSPS) is 10.2. The molecule has 0 N–H and O–H groups in total. The van der Waals surface area contributed by atoms with Crippen LogP contribution in [0.4, 0.5) is 0 Å². The fourth-order valence-corrected chi connectivity index (χ4v) is 5.40. The first kappa shape index (κ1) is 12.7. The number of hydrogen-bond acceptors (Lipinski definition) is 6. The smallest absolute Gasteiger partial charge is 0.0988 e. The van der Waals surface area contributed by atoms with Crippen LogP contribution in [-0.4, -0.2) is 8.39 Å². The van der Waals surface area contributed by atoms with Crippen molar-refractivity contribution in [3.05, 3.63) is 44.8 Å². The molecule has 0 nitrogen and oxygen atoms in total. The third-order valence-corrected chi connectivity index (χ3v) is 7.58. The molecule has 0 radical (unpaired) electrons. The van der Waals surface area contributed by atoms with Crippen molar-refractivity contribution < 1.29 is 0 Å². The summed E-state index contributed by atoms with van der Waals surface area (Å²) in [6.45, 7) is 0. The van der Waals surface area contributed by atoms with E-state index in [0.717, 1.165) is 18.1 Å². The number of thiocarbonyl (C=S) groups is 2.